The van der Waals surface area contributed by atoms with Crippen molar-refractivity contribution in [1.29, 1.82) is 0 Å². The summed E-state index contributed by atoms with van der Waals surface area (Å²) in [6, 6.07) is 10.4. The molecule has 2 amide bonds. The molecular formula is C20H19N3O6. The van der Waals surface area contributed by atoms with Gasteiger partial charge in [-0.1, -0.05) is 6.07 Å². The predicted octanol–water partition coefficient (Wildman–Crippen LogP) is 2.94. The Morgan fingerprint density at radius 2 is 1.97 bits per heavy atom. The van der Waals surface area contributed by atoms with E-state index in [2.05, 4.69) is 5.32 Å². The number of nitrogens with zero attached hydrogens (tertiary/aromatic N) is 2. The first-order valence-corrected chi connectivity index (χ1v) is 8.92. The highest BCUT2D eigenvalue weighted by molar-refractivity contribution is 6.04. The first kappa shape index (κ1) is 20.0. The number of ketones is 1. The Morgan fingerprint density at radius 3 is 2.69 bits per heavy atom. The maximum atomic E-state index is 12.5. The van der Waals surface area contributed by atoms with E-state index in [1.54, 1.807) is 32.2 Å². The molecule has 1 heterocycles. The smallest absolute Gasteiger partial charge is 0.271 e. The number of non-ortho nitro benzene ring substituents is 1. The lowest BCUT2D eigenvalue weighted by Gasteiger charge is -2.30. The second-order valence-corrected chi connectivity index (χ2v) is 6.62. The van der Waals surface area contributed by atoms with Gasteiger partial charge in [-0.05, 0) is 31.2 Å². The van der Waals surface area contributed by atoms with E-state index in [1.165, 1.54) is 29.2 Å². The van der Waals surface area contributed by atoms with Gasteiger partial charge >= 0.3 is 0 Å². The third-order valence-electron chi connectivity index (χ3n) is 4.54. The van der Waals surface area contributed by atoms with E-state index in [9.17, 15) is 24.5 Å². The third kappa shape index (κ3) is 4.40. The maximum Gasteiger partial charge on any atom is 0.271 e. The van der Waals surface area contributed by atoms with Gasteiger partial charge in [0.15, 0.2) is 11.9 Å². The standard InChI is InChI=1S/C20H19N3O6/c1-12-20(26)22(2)16-10-13(6-8-18(16)29-12)17(24)7-9-19(25)21-14-4-3-5-15(11-14)23(27)28/h3-6,8,10-12H,7,9H2,1-2H3,(H,21,25). The molecule has 0 saturated heterocycles. The van der Waals surface area contributed by atoms with Crippen molar-refractivity contribution >= 4 is 34.7 Å². The van der Waals surface area contributed by atoms with Crippen molar-refractivity contribution in [2.24, 2.45) is 0 Å². The fraction of sp³-hybridized carbons (Fsp3) is 0.250. The van der Waals surface area contributed by atoms with Crippen LogP contribution in [0.4, 0.5) is 17.1 Å². The van der Waals surface area contributed by atoms with E-state index in [-0.39, 0.29) is 35.9 Å². The number of carbonyl (C=O) groups is 3. The summed E-state index contributed by atoms with van der Waals surface area (Å²) in [7, 11) is 1.61. The van der Waals surface area contributed by atoms with E-state index < -0.39 is 16.9 Å². The summed E-state index contributed by atoms with van der Waals surface area (Å²) in [6.07, 6.45) is -0.721. The fourth-order valence-electron chi connectivity index (χ4n) is 2.98. The highest BCUT2D eigenvalue weighted by Gasteiger charge is 2.29. The number of rotatable bonds is 6. The summed E-state index contributed by atoms with van der Waals surface area (Å²) in [5, 5.41) is 13.3. The average molecular weight is 397 g/mol. The van der Waals surface area contributed by atoms with Crippen LogP contribution in [0.15, 0.2) is 42.5 Å². The predicted molar refractivity (Wildman–Crippen MR) is 105 cm³/mol. The van der Waals surface area contributed by atoms with Gasteiger partial charge in [0.25, 0.3) is 11.6 Å². The van der Waals surface area contributed by atoms with Gasteiger partial charge in [0.2, 0.25) is 5.91 Å². The summed E-state index contributed by atoms with van der Waals surface area (Å²) >= 11 is 0. The quantitative estimate of drug-likeness (QED) is 0.455. The molecule has 1 unspecified atom stereocenters. The highest BCUT2D eigenvalue weighted by Crippen LogP contribution is 2.34. The molecule has 2 aromatic rings. The summed E-state index contributed by atoms with van der Waals surface area (Å²) in [4.78, 5) is 48.3. The summed E-state index contributed by atoms with van der Waals surface area (Å²) in [6.45, 7) is 1.65. The summed E-state index contributed by atoms with van der Waals surface area (Å²) in [5.74, 6) is -0.388. The van der Waals surface area contributed by atoms with E-state index in [4.69, 9.17) is 4.74 Å². The number of fused-ring (bicyclic) bond motifs is 1. The largest absolute Gasteiger partial charge is 0.479 e. The molecule has 9 heteroatoms. The van der Waals surface area contributed by atoms with Crippen molar-refractivity contribution in [3.63, 3.8) is 0 Å². The van der Waals surface area contributed by atoms with Gasteiger partial charge in [0, 0.05) is 43.3 Å². The number of anilines is 2. The fourth-order valence-corrected chi connectivity index (χ4v) is 2.98. The van der Waals surface area contributed by atoms with Gasteiger partial charge in [-0.2, -0.15) is 0 Å². The van der Waals surface area contributed by atoms with Crippen LogP contribution in [-0.2, 0) is 9.59 Å². The van der Waals surface area contributed by atoms with Crippen LogP contribution in [0.25, 0.3) is 0 Å². The number of hydrogen-bond acceptors (Lipinski definition) is 6. The molecule has 1 aliphatic heterocycles. The summed E-state index contributed by atoms with van der Waals surface area (Å²) in [5.41, 5.74) is 1.02. The second kappa shape index (κ2) is 8.09. The molecule has 1 N–H and O–H groups in total. The molecule has 0 saturated carbocycles. The molecule has 0 radical (unpaired) electrons. The normalized spacial score (nSPS) is 15.3. The number of nitro benzene ring substituents is 1. The van der Waals surface area contributed by atoms with Crippen LogP contribution in [0.3, 0.4) is 0 Å². The zero-order chi connectivity index (χ0) is 21.1. The van der Waals surface area contributed by atoms with E-state index in [1.807, 2.05) is 0 Å². The van der Waals surface area contributed by atoms with E-state index in [0.717, 1.165) is 0 Å². The van der Waals surface area contributed by atoms with Crippen LogP contribution in [0, 0.1) is 10.1 Å². The van der Waals surface area contributed by atoms with Crippen LogP contribution < -0.4 is 15.0 Å². The van der Waals surface area contributed by atoms with E-state index in [0.29, 0.717) is 17.0 Å². The van der Waals surface area contributed by atoms with Gasteiger partial charge < -0.3 is 15.0 Å². The van der Waals surface area contributed by atoms with Crippen molar-refractivity contribution in [1.82, 2.24) is 0 Å². The van der Waals surface area contributed by atoms with Gasteiger partial charge in [0.05, 0.1) is 10.6 Å². The van der Waals surface area contributed by atoms with Crippen LogP contribution in [0.5, 0.6) is 5.75 Å². The number of hydrogen-bond donors (Lipinski definition) is 1. The zero-order valence-electron chi connectivity index (χ0n) is 15.9. The Bertz CT molecular complexity index is 1000. The molecule has 0 spiro atoms. The van der Waals surface area contributed by atoms with Crippen LogP contribution >= 0.6 is 0 Å². The molecule has 3 rings (SSSR count). The molecule has 150 valence electrons. The molecule has 1 aliphatic rings. The number of amides is 2. The number of ether oxygens (including phenoxy) is 1. The van der Waals surface area contributed by atoms with Crippen molar-refractivity contribution in [3.8, 4) is 5.75 Å². The highest BCUT2D eigenvalue weighted by atomic mass is 16.6. The lowest BCUT2D eigenvalue weighted by atomic mass is 10.0. The van der Waals surface area contributed by atoms with Crippen molar-refractivity contribution in [2.75, 3.05) is 17.3 Å². The minimum atomic E-state index is -0.591. The second-order valence-electron chi connectivity index (χ2n) is 6.62. The van der Waals surface area contributed by atoms with Crippen molar-refractivity contribution in [3.05, 3.63) is 58.1 Å². The lowest BCUT2D eigenvalue weighted by Crippen LogP contribution is -2.42. The topological polar surface area (TPSA) is 119 Å². The number of nitro groups is 1. The molecular weight excluding hydrogens is 378 g/mol. The Morgan fingerprint density at radius 1 is 1.21 bits per heavy atom. The molecule has 29 heavy (non-hydrogen) atoms. The monoisotopic (exact) mass is 397 g/mol. The van der Waals surface area contributed by atoms with E-state index >= 15 is 0 Å². The number of likely N-dealkylation sites (N-methyl/N-ethyl adjacent to an activating group) is 1. The van der Waals surface area contributed by atoms with Gasteiger partial charge in [-0.3, -0.25) is 24.5 Å². The first-order chi connectivity index (χ1) is 13.8. The van der Waals surface area contributed by atoms with Crippen molar-refractivity contribution < 1.29 is 24.0 Å². The van der Waals surface area contributed by atoms with Crippen molar-refractivity contribution in [2.45, 2.75) is 25.9 Å². The number of nitrogens with one attached hydrogen (secondary N) is 1. The molecule has 0 fully saturated rings. The SMILES string of the molecule is CC1Oc2ccc(C(=O)CCC(=O)Nc3cccc([N+](=O)[O-])c3)cc2N(C)C1=O. The maximum absolute atomic E-state index is 12.5. The van der Waals surface area contributed by atoms with Gasteiger partial charge in [0.1, 0.15) is 5.75 Å². The molecule has 9 nitrogen and oxygen atoms in total. The molecule has 0 bridgehead atoms. The molecule has 2 aromatic carbocycles. The molecule has 0 aliphatic carbocycles. The van der Waals surface area contributed by atoms with Crippen LogP contribution in [0.2, 0.25) is 0 Å². The Labute approximate surface area is 166 Å². The number of Topliss-reactive ketones (excluding diaryl/α,β-unsaturated/α-hetero) is 1. The minimum Gasteiger partial charge on any atom is -0.479 e. The van der Waals surface area contributed by atoms with Crippen LogP contribution in [0.1, 0.15) is 30.1 Å². The summed E-state index contributed by atoms with van der Waals surface area (Å²) < 4.78 is 5.53. The van der Waals surface area contributed by atoms with Gasteiger partial charge in [-0.25, -0.2) is 0 Å². The van der Waals surface area contributed by atoms with Gasteiger partial charge in [-0.15, -0.1) is 0 Å². The molecule has 1 atom stereocenters. The average Bonchev–Trinajstić information content (AvgIpc) is 2.70. The third-order valence-corrected chi connectivity index (χ3v) is 4.54. The molecule has 0 aromatic heterocycles. The lowest BCUT2D eigenvalue weighted by molar-refractivity contribution is -0.384. The Kier molecular flexibility index (Phi) is 5.58. The number of benzene rings is 2. The first-order valence-electron chi connectivity index (χ1n) is 8.92. The van der Waals surface area contributed by atoms with Crippen LogP contribution in [-0.4, -0.2) is 35.7 Å². The minimum absolute atomic E-state index is 0.0472. The zero-order valence-corrected chi connectivity index (χ0v) is 15.9. The Hall–Kier alpha value is -3.75. The Balaban J connectivity index is 1.62. The number of carbonyl (C=O) groups excluding carboxylic acids is 3.